The first-order chi connectivity index (χ1) is 7.72. The molecule has 16 heavy (non-hydrogen) atoms. The Hall–Kier alpha value is -0.770. The van der Waals surface area contributed by atoms with Crippen LogP contribution in [0.4, 0.5) is 9.05 Å². The Labute approximate surface area is 94.1 Å². The average molecular weight is 250 g/mol. The minimum Gasteiger partial charge on any atom is -0.423 e. The van der Waals surface area contributed by atoms with Gasteiger partial charge in [0.15, 0.2) is 0 Å². The Morgan fingerprint density at radius 3 is 2.44 bits per heavy atom. The summed E-state index contributed by atoms with van der Waals surface area (Å²) >= 11 is 0. The van der Waals surface area contributed by atoms with Crippen molar-refractivity contribution >= 4 is 8.60 Å². The zero-order valence-electron chi connectivity index (χ0n) is 9.02. The third kappa shape index (κ3) is 3.37. The average Bonchev–Trinajstić information content (AvgIpc) is 2.35. The van der Waals surface area contributed by atoms with Gasteiger partial charge in [-0.1, -0.05) is 41.5 Å². The summed E-state index contributed by atoms with van der Waals surface area (Å²) in [5.41, 5.74) is 0.867. The van der Waals surface area contributed by atoms with Crippen LogP contribution in [0, 0.1) is 0 Å². The third-order valence-electron chi connectivity index (χ3n) is 2.35. The van der Waals surface area contributed by atoms with Gasteiger partial charge in [0.25, 0.3) is 0 Å². The molecular formula is C10H13F2O3P. The number of rotatable bonds is 6. The van der Waals surface area contributed by atoms with Crippen molar-refractivity contribution in [1.29, 1.82) is 0 Å². The summed E-state index contributed by atoms with van der Waals surface area (Å²) < 4.78 is 35.0. The van der Waals surface area contributed by atoms with E-state index in [4.69, 9.17) is 4.52 Å². The molecule has 0 fully saturated rings. The Morgan fingerprint density at radius 2 is 1.88 bits per heavy atom. The minimum absolute atomic E-state index is 0.229. The zero-order chi connectivity index (χ0) is 12.0. The SMILES string of the molecule is CCC(C)c1ccccc1OP(OF)OF. The molecule has 0 spiro atoms. The molecule has 0 heterocycles. The molecule has 90 valence electrons. The van der Waals surface area contributed by atoms with Crippen molar-refractivity contribution in [3.05, 3.63) is 29.8 Å². The quantitative estimate of drug-likeness (QED) is 0.690. The van der Waals surface area contributed by atoms with E-state index in [9.17, 15) is 9.05 Å². The van der Waals surface area contributed by atoms with Crippen LogP contribution < -0.4 is 4.52 Å². The Balaban J connectivity index is 2.86. The first kappa shape index (κ1) is 13.3. The van der Waals surface area contributed by atoms with Gasteiger partial charge in [-0.25, -0.2) is 0 Å². The number of hydrogen-bond donors (Lipinski definition) is 0. The lowest BCUT2D eigenvalue weighted by Gasteiger charge is -2.15. The lowest BCUT2D eigenvalue weighted by molar-refractivity contribution is -0.0859. The summed E-state index contributed by atoms with van der Waals surface area (Å²) in [4.78, 5) is 0. The summed E-state index contributed by atoms with van der Waals surface area (Å²) in [6.45, 7) is 4.01. The molecule has 1 atom stereocenters. The lowest BCUT2D eigenvalue weighted by atomic mass is 9.98. The molecule has 0 bridgehead atoms. The Morgan fingerprint density at radius 1 is 1.25 bits per heavy atom. The molecule has 1 rings (SSSR count). The van der Waals surface area contributed by atoms with Crippen LogP contribution in [-0.4, -0.2) is 0 Å². The second-order valence-corrected chi connectivity index (χ2v) is 4.21. The van der Waals surface area contributed by atoms with Crippen LogP contribution in [0.2, 0.25) is 0 Å². The third-order valence-corrected chi connectivity index (χ3v) is 2.92. The highest BCUT2D eigenvalue weighted by Crippen LogP contribution is 2.43. The first-order valence-electron chi connectivity index (χ1n) is 4.87. The fourth-order valence-corrected chi connectivity index (χ4v) is 1.71. The summed E-state index contributed by atoms with van der Waals surface area (Å²) in [6.07, 6.45) is 0.894. The smallest absolute Gasteiger partial charge is 0.423 e. The van der Waals surface area contributed by atoms with Crippen LogP contribution in [0.1, 0.15) is 31.7 Å². The van der Waals surface area contributed by atoms with E-state index in [1.54, 1.807) is 12.1 Å². The maximum Gasteiger partial charge on any atom is 0.465 e. The maximum atomic E-state index is 11.8. The molecule has 3 nitrogen and oxygen atoms in total. The fourth-order valence-electron chi connectivity index (χ4n) is 1.31. The minimum atomic E-state index is -2.61. The van der Waals surface area contributed by atoms with Crippen LogP contribution in [-0.2, 0) is 9.46 Å². The van der Waals surface area contributed by atoms with Crippen molar-refractivity contribution < 1.29 is 23.0 Å². The predicted molar refractivity (Wildman–Crippen MR) is 57.1 cm³/mol. The highest BCUT2D eigenvalue weighted by molar-refractivity contribution is 7.41. The van der Waals surface area contributed by atoms with E-state index in [2.05, 4.69) is 9.46 Å². The molecule has 6 heteroatoms. The summed E-state index contributed by atoms with van der Waals surface area (Å²) in [5, 5.41) is 0. The molecular weight excluding hydrogens is 237 g/mol. The fraction of sp³-hybridized carbons (Fsp3) is 0.400. The molecule has 0 aliphatic heterocycles. The predicted octanol–water partition coefficient (Wildman–Crippen LogP) is 4.61. The largest absolute Gasteiger partial charge is 0.465 e. The molecule has 1 aromatic rings. The second kappa shape index (κ2) is 6.74. The van der Waals surface area contributed by atoms with Crippen molar-refractivity contribution in [1.82, 2.24) is 0 Å². The summed E-state index contributed by atoms with van der Waals surface area (Å²) in [6, 6.07) is 7.01. The zero-order valence-corrected chi connectivity index (χ0v) is 9.92. The second-order valence-electron chi connectivity index (χ2n) is 3.30. The van der Waals surface area contributed by atoms with Gasteiger partial charge in [0.05, 0.1) is 0 Å². The monoisotopic (exact) mass is 250 g/mol. The van der Waals surface area contributed by atoms with Crippen LogP contribution >= 0.6 is 8.60 Å². The van der Waals surface area contributed by atoms with Crippen molar-refractivity contribution in [3.8, 4) is 5.75 Å². The molecule has 0 aliphatic rings. The normalized spacial score (nSPS) is 12.8. The van der Waals surface area contributed by atoms with E-state index in [-0.39, 0.29) is 5.92 Å². The number of para-hydroxylation sites is 1. The van der Waals surface area contributed by atoms with E-state index in [0.29, 0.717) is 5.75 Å². The maximum absolute atomic E-state index is 11.8. The van der Waals surface area contributed by atoms with Crippen molar-refractivity contribution in [3.63, 3.8) is 0 Å². The van der Waals surface area contributed by atoms with E-state index in [1.807, 2.05) is 26.0 Å². The van der Waals surface area contributed by atoms with Gasteiger partial charge in [-0.2, -0.15) is 0 Å². The molecule has 0 N–H and O–H groups in total. The first-order valence-corrected chi connectivity index (χ1v) is 5.96. The lowest BCUT2D eigenvalue weighted by Crippen LogP contribution is -1.97. The Kier molecular flexibility index (Phi) is 5.60. The summed E-state index contributed by atoms with van der Waals surface area (Å²) in [7, 11) is -2.61. The number of halogens is 2. The summed E-state index contributed by atoms with van der Waals surface area (Å²) in [5.74, 6) is 0.602. The van der Waals surface area contributed by atoms with Crippen molar-refractivity contribution in [2.75, 3.05) is 0 Å². The topological polar surface area (TPSA) is 27.7 Å². The van der Waals surface area contributed by atoms with Gasteiger partial charge in [-0.15, -0.1) is 0 Å². The molecule has 0 saturated heterocycles. The van der Waals surface area contributed by atoms with Crippen LogP contribution in [0.5, 0.6) is 5.75 Å². The highest BCUT2D eigenvalue weighted by atomic mass is 31.2. The number of hydrogen-bond acceptors (Lipinski definition) is 3. The van der Waals surface area contributed by atoms with Crippen LogP contribution in [0.25, 0.3) is 0 Å². The van der Waals surface area contributed by atoms with Crippen molar-refractivity contribution in [2.45, 2.75) is 26.2 Å². The molecule has 0 saturated carbocycles. The van der Waals surface area contributed by atoms with E-state index in [1.165, 1.54) is 0 Å². The van der Waals surface area contributed by atoms with Gasteiger partial charge < -0.3 is 4.52 Å². The van der Waals surface area contributed by atoms with E-state index in [0.717, 1.165) is 12.0 Å². The van der Waals surface area contributed by atoms with Gasteiger partial charge in [0.1, 0.15) is 5.75 Å². The highest BCUT2D eigenvalue weighted by Gasteiger charge is 2.19. The number of benzene rings is 1. The van der Waals surface area contributed by atoms with E-state index < -0.39 is 8.60 Å². The van der Waals surface area contributed by atoms with Gasteiger partial charge in [-0.3, -0.25) is 0 Å². The standard InChI is InChI=1S/C10H13F2O3P/c1-3-8(2)9-6-4-5-7-10(9)13-16(14-11)15-12/h4-8H,3H2,1-2H3. The molecule has 1 unspecified atom stereocenters. The van der Waals surface area contributed by atoms with Gasteiger partial charge >= 0.3 is 8.60 Å². The van der Waals surface area contributed by atoms with Gasteiger partial charge in [0.2, 0.25) is 0 Å². The molecule has 0 aliphatic carbocycles. The van der Waals surface area contributed by atoms with Crippen LogP contribution in [0.15, 0.2) is 24.3 Å². The Bertz CT molecular complexity index is 321. The van der Waals surface area contributed by atoms with Crippen LogP contribution in [0.3, 0.4) is 0 Å². The van der Waals surface area contributed by atoms with Gasteiger partial charge in [0, 0.05) is 0 Å². The molecule has 0 aromatic heterocycles. The molecule has 0 radical (unpaired) electrons. The molecule has 0 amide bonds. The molecule has 1 aromatic carbocycles. The van der Waals surface area contributed by atoms with Gasteiger partial charge in [-0.05, 0) is 33.0 Å². The van der Waals surface area contributed by atoms with E-state index >= 15 is 0 Å². The van der Waals surface area contributed by atoms with Crippen molar-refractivity contribution in [2.24, 2.45) is 0 Å².